The van der Waals surface area contributed by atoms with Crippen molar-refractivity contribution in [3.8, 4) is 11.5 Å². The van der Waals surface area contributed by atoms with Gasteiger partial charge in [-0.1, -0.05) is 18.2 Å². The lowest BCUT2D eigenvalue weighted by Gasteiger charge is -2.23. The lowest BCUT2D eigenvalue weighted by Crippen LogP contribution is -2.26. The molecule has 0 radical (unpaired) electrons. The molecule has 0 aliphatic carbocycles. The number of amides is 1. The van der Waals surface area contributed by atoms with Gasteiger partial charge >= 0.3 is 0 Å². The van der Waals surface area contributed by atoms with Crippen molar-refractivity contribution in [2.45, 2.75) is 12.8 Å². The first-order valence-electron chi connectivity index (χ1n) is 10.3. The largest absolute Gasteiger partial charge is 0.508 e. The molecule has 1 fully saturated rings. The fourth-order valence-electron chi connectivity index (χ4n) is 3.69. The molecule has 1 amide bonds. The molecule has 3 aromatic carbocycles. The SMILES string of the molecule is O=C(c1ccccc1)N(c1ccc(O)cc1)c1ccc(OCCN2CCCC2)cc1. The molecular formula is C25H26N2O3. The lowest BCUT2D eigenvalue weighted by atomic mass is 10.1. The number of hydrogen-bond acceptors (Lipinski definition) is 4. The molecule has 0 unspecified atom stereocenters. The van der Waals surface area contributed by atoms with Gasteiger partial charge in [0, 0.05) is 23.5 Å². The Morgan fingerprint density at radius 1 is 0.867 bits per heavy atom. The fourth-order valence-corrected chi connectivity index (χ4v) is 3.69. The van der Waals surface area contributed by atoms with Crippen LogP contribution in [0.15, 0.2) is 78.9 Å². The highest BCUT2D eigenvalue weighted by atomic mass is 16.5. The topological polar surface area (TPSA) is 53.0 Å². The molecule has 1 N–H and O–H groups in total. The number of carbonyl (C=O) groups excluding carboxylic acids is 1. The van der Waals surface area contributed by atoms with Crippen molar-refractivity contribution in [2.75, 3.05) is 31.1 Å². The summed E-state index contributed by atoms with van der Waals surface area (Å²) < 4.78 is 5.89. The van der Waals surface area contributed by atoms with Crippen molar-refractivity contribution in [2.24, 2.45) is 0 Å². The standard InChI is InChI=1S/C25H26N2O3/c28-23-12-8-21(9-13-23)27(25(29)20-6-2-1-3-7-20)22-10-14-24(15-11-22)30-19-18-26-16-4-5-17-26/h1-3,6-15,28H,4-5,16-19H2. The Kier molecular flexibility index (Phi) is 6.30. The molecule has 30 heavy (non-hydrogen) atoms. The van der Waals surface area contributed by atoms with Gasteiger partial charge in [-0.2, -0.15) is 0 Å². The number of anilines is 2. The Bertz CT molecular complexity index is 950. The van der Waals surface area contributed by atoms with Crippen LogP contribution in [0.2, 0.25) is 0 Å². The van der Waals surface area contributed by atoms with Crippen molar-refractivity contribution in [3.63, 3.8) is 0 Å². The lowest BCUT2D eigenvalue weighted by molar-refractivity contribution is 0.0999. The first kappa shape index (κ1) is 20.0. The monoisotopic (exact) mass is 402 g/mol. The molecule has 3 aromatic rings. The average Bonchev–Trinajstić information content (AvgIpc) is 3.30. The van der Waals surface area contributed by atoms with Crippen molar-refractivity contribution >= 4 is 17.3 Å². The van der Waals surface area contributed by atoms with Gasteiger partial charge in [0.15, 0.2) is 0 Å². The number of aromatic hydroxyl groups is 1. The van der Waals surface area contributed by atoms with Gasteiger partial charge in [-0.25, -0.2) is 0 Å². The Hall–Kier alpha value is -3.31. The minimum Gasteiger partial charge on any atom is -0.508 e. The Morgan fingerprint density at radius 2 is 1.47 bits per heavy atom. The summed E-state index contributed by atoms with van der Waals surface area (Å²) in [5.41, 5.74) is 2.02. The molecule has 1 aliphatic heterocycles. The van der Waals surface area contributed by atoms with E-state index in [1.54, 1.807) is 41.3 Å². The molecule has 0 bridgehead atoms. The van der Waals surface area contributed by atoms with Crippen LogP contribution < -0.4 is 9.64 Å². The number of hydrogen-bond donors (Lipinski definition) is 1. The number of benzene rings is 3. The highest BCUT2D eigenvalue weighted by molar-refractivity contribution is 6.10. The third-order valence-corrected chi connectivity index (χ3v) is 5.30. The summed E-state index contributed by atoms with van der Waals surface area (Å²) in [4.78, 5) is 17.3. The van der Waals surface area contributed by atoms with Crippen LogP contribution in [-0.2, 0) is 0 Å². The zero-order chi connectivity index (χ0) is 20.8. The van der Waals surface area contributed by atoms with Crippen molar-refractivity contribution < 1.29 is 14.6 Å². The first-order chi connectivity index (χ1) is 14.7. The minimum atomic E-state index is -0.135. The summed E-state index contributed by atoms with van der Waals surface area (Å²) in [5.74, 6) is 0.812. The van der Waals surface area contributed by atoms with E-state index in [-0.39, 0.29) is 11.7 Å². The zero-order valence-electron chi connectivity index (χ0n) is 16.9. The summed E-state index contributed by atoms with van der Waals surface area (Å²) in [6.07, 6.45) is 2.55. The second-order valence-corrected chi connectivity index (χ2v) is 7.41. The number of likely N-dealkylation sites (tertiary alicyclic amines) is 1. The molecule has 1 saturated heterocycles. The third kappa shape index (κ3) is 4.81. The van der Waals surface area contributed by atoms with Crippen molar-refractivity contribution in [1.82, 2.24) is 4.90 Å². The molecule has 4 rings (SSSR count). The number of carbonyl (C=O) groups is 1. The van der Waals surface area contributed by atoms with E-state index >= 15 is 0 Å². The van der Waals surface area contributed by atoms with Gasteiger partial charge in [0.2, 0.25) is 0 Å². The maximum Gasteiger partial charge on any atom is 0.262 e. The van der Waals surface area contributed by atoms with Gasteiger partial charge in [0.05, 0.1) is 0 Å². The van der Waals surface area contributed by atoms with Gasteiger partial charge in [-0.3, -0.25) is 14.6 Å². The highest BCUT2D eigenvalue weighted by Gasteiger charge is 2.20. The van der Waals surface area contributed by atoms with Crippen molar-refractivity contribution in [3.05, 3.63) is 84.4 Å². The number of nitrogens with zero attached hydrogens (tertiary/aromatic N) is 2. The van der Waals surface area contributed by atoms with E-state index in [2.05, 4.69) is 4.90 Å². The van der Waals surface area contributed by atoms with E-state index in [0.29, 0.717) is 17.9 Å². The van der Waals surface area contributed by atoms with E-state index in [1.807, 2.05) is 42.5 Å². The zero-order valence-corrected chi connectivity index (χ0v) is 16.9. The summed E-state index contributed by atoms with van der Waals surface area (Å²) in [5, 5.41) is 9.64. The molecule has 5 nitrogen and oxygen atoms in total. The van der Waals surface area contributed by atoms with E-state index in [0.717, 1.165) is 31.1 Å². The second-order valence-electron chi connectivity index (χ2n) is 7.41. The molecule has 1 heterocycles. The maximum atomic E-state index is 13.3. The molecule has 1 aliphatic rings. The number of phenols is 1. The third-order valence-electron chi connectivity index (χ3n) is 5.30. The highest BCUT2D eigenvalue weighted by Crippen LogP contribution is 2.30. The van der Waals surface area contributed by atoms with Gasteiger partial charge in [0.25, 0.3) is 5.91 Å². The first-order valence-corrected chi connectivity index (χ1v) is 10.3. The van der Waals surface area contributed by atoms with Crippen LogP contribution in [0.3, 0.4) is 0 Å². The van der Waals surface area contributed by atoms with E-state index < -0.39 is 0 Å². The van der Waals surface area contributed by atoms with Gasteiger partial charge in [-0.05, 0) is 86.6 Å². The molecule has 0 spiro atoms. The number of rotatable bonds is 7. The smallest absolute Gasteiger partial charge is 0.262 e. The van der Waals surface area contributed by atoms with Crippen molar-refractivity contribution in [1.29, 1.82) is 0 Å². The molecule has 0 saturated carbocycles. The molecule has 0 atom stereocenters. The Labute approximate surface area is 177 Å². The molecular weight excluding hydrogens is 376 g/mol. The normalized spacial score (nSPS) is 13.9. The molecule has 5 heteroatoms. The minimum absolute atomic E-state index is 0.135. The predicted molar refractivity (Wildman–Crippen MR) is 119 cm³/mol. The van der Waals surface area contributed by atoms with Crippen LogP contribution in [0.5, 0.6) is 11.5 Å². The fraction of sp³-hybridized carbons (Fsp3) is 0.240. The van der Waals surface area contributed by atoms with Crippen LogP contribution in [-0.4, -0.2) is 42.2 Å². The quantitative estimate of drug-likeness (QED) is 0.614. The van der Waals surface area contributed by atoms with E-state index in [4.69, 9.17) is 4.74 Å². The maximum absolute atomic E-state index is 13.3. The van der Waals surface area contributed by atoms with E-state index in [1.165, 1.54) is 12.8 Å². The number of phenolic OH excluding ortho intramolecular Hbond substituents is 1. The Balaban J connectivity index is 1.52. The summed E-state index contributed by atoms with van der Waals surface area (Å²) >= 11 is 0. The summed E-state index contributed by atoms with van der Waals surface area (Å²) in [6, 6.07) is 23.4. The second kappa shape index (κ2) is 9.46. The summed E-state index contributed by atoms with van der Waals surface area (Å²) in [7, 11) is 0. The molecule has 154 valence electrons. The van der Waals surface area contributed by atoms with Gasteiger partial charge in [0.1, 0.15) is 18.1 Å². The Morgan fingerprint density at radius 3 is 2.10 bits per heavy atom. The summed E-state index contributed by atoms with van der Waals surface area (Å²) in [6.45, 7) is 3.91. The predicted octanol–water partition coefficient (Wildman–Crippen LogP) is 4.85. The van der Waals surface area contributed by atoms with Gasteiger partial charge in [-0.15, -0.1) is 0 Å². The van der Waals surface area contributed by atoms with Crippen LogP contribution in [0.4, 0.5) is 11.4 Å². The van der Waals surface area contributed by atoms with Crippen LogP contribution in [0.25, 0.3) is 0 Å². The van der Waals surface area contributed by atoms with Crippen LogP contribution >= 0.6 is 0 Å². The number of ether oxygens (including phenoxy) is 1. The molecule has 0 aromatic heterocycles. The van der Waals surface area contributed by atoms with Crippen LogP contribution in [0, 0.1) is 0 Å². The van der Waals surface area contributed by atoms with E-state index in [9.17, 15) is 9.90 Å². The van der Waals surface area contributed by atoms with Crippen LogP contribution in [0.1, 0.15) is 23.2 Å². The average molecular weight is 402 g/mol. The van der Waals surface area contributed by atoms with Gasteiger partial charge < -0.3 is 9.84 Å².